The molecule has 0 unspecified atom stereocenters. The van der Waals surface area contributed by atoms with Crippen LogP contribution in [0.15, 0.2) is 40.8 Å². The minimum atomic E-state index is -3.10. The number of hydrogen-bond donors (Lipinski definition) is 2. The van der Waals surface area contributed by atoms with Gasteiger partial charge in [-0.3, -0.25) is 0 Å². The molecule has 0 bridgehead atoms. The van der Waals surface area contributed by atoms with Gasteiger partial charge in [-0.05, 0) is 49.4 Å². The van der Waals surface area contributed by atoms with Crippen molar-refractivity contribution in [1.29, 1.82) is 0 Å². The second-order valence-electron chi connectivity index (χ2n) is 4.97. The maximum absolute atomic E-state index is 10.9. The van der Waals surface area contributed by atoms with Crippen LogP contribution < -0.4 is 10.0 Å². The van der Waals surface area contributed by atoms with Crippen LogP contribution in [0.3, 0.4) is 0 Å². The lowest BCUT2D eigenvalue weighted by Crippen LogP contribution is -2.26. The van der Waals surface area contributed by atoms with E-state index >= 15 is 0 Å². The highest BCUT2D eigenvalue weighted by atomic mass is 35.5. The normalized spacial score (nSPS) is 11.7. The van der Waals surface area contributed by atoms with Crippen molar-refractivity contribution < 1.29 is 12.8 Å². The highest BCUT2D eigenvalue weighted by Gasteiger charge is 2.04. The Hall–Kier alpha value is -1.34. The molecular weight excluding hydrogens is 324 g/mol. The molecule has 7 heteroatoms. The summed E-state index contributed by atoms with van der Waals surface area (Å²) >= 11 is 5.86. The lowest BCUT2D eigenvalue weighted by Gasteiger charge is -2.04. The van der Waals surface area contributed by atoms with Crippen molar-refractivity contribution in [3.63, 3.8) is 0 Å². The minimum Gasteiger partial charge on any atom is -0.460 e. The van der Waals surface area contributed by atoms with E-state index in [-0.39, 0.29) is 0 Å². The standard InChI is InChI=1S/C15H19ClN2O3S/c1-22(19,20)18-10-2-9-17-11-14-7-8-15(21-14)12-3-5-13(16)6-4-12/h3-8,17-18H,2,9-11H2,1H3. The van der Waals surface area contributed by atoms with Gasteiger partial charge >= 0.3 is 0 Å². The summed E-state index contributed by atoms with van der Waals surface area (Å²) in [6.07, 6.45) is 1.87. The van der Waals surface area contributed by atoms with Crippen LogP contribution in [0.1, 0.15) is 12.2 Å². The quantitative estimate of drug-likeness (QED) is 0.723. The largest absolute Gasteiger partial charge is 0.460 e. The highest BCUT2D eigenvalue weighted by molar-refractivity contribution is 7.88. The number of benzene rings is 1. The van der Waals surface area contributed by atoms with Crippen molar-refractivity contribution >= 4 is 21.6 Å². The first-order valence-corrected chi connectivity index (χ1v) is 9.21. The molecule has 1 heterocycles. The van der Waals surface area contributed by atoms with Gasteiger partial charge in [-0.15, -0.1) is 0 Å². The first-order valence-electron chi connectivity index (χ1n) is 6.94. The fraction of sp³-hybridized carbons (Fsp3) is 0.333. The zero-order chi connectivity index (χ0) is 16.0. The Morgan fingerprint density at radius 1 is 1.09 bits per heavy atom. The number of sulfonamides is 1. The number of hydrogen-bond acceptors (Lipinski definition) is 4. The summed E-state index contributed by atoms with van der Waals surface area (Å²) in [7, 11) is -3.10. The average molecular weight is 343 g/mol. The SMILES string of the molecule is CS(=O)(=O)NCCCNCc1ccc(-c2ccc(Cl)cc2)o1. The first-order chi connectivity index (χ1) is 10.4. The van der Waals surface area contributed by atoms with Gasteiger partial charge in [0.15, 0.2) is 0 Å². The number of rotatable bonds is 8. The summed E-state index contributed by atoms with van der Waals surface area (Å²) < 4.78 is 30.0. The van der Waals surface area contributed by atoms with Crippen molar-refractivity contribution in [2.24, 2.45) is 0 Å². The third-order valence-electron chi connectivity index (χ3n) is 2.98. The van der Waals surface area contributed by atoms with Crippen molar-refractivity contribution in [2.75, 3.05) is 19.3 Å². The molecule has 0 atom stereocenters. The van der Waals surface area contributed by atoms with E-state index in [0.29, 0.717) is 24.7 Å². The smallest absolute Gasteiger partial charge is 0.208 e. The maximum Gasteiger partial charge on any atom is 0.208 e. The Kier molecular flexibility index (Phi) is 6.02. The lowest BCUT2D eigenvalue weighted by atomic mass is 10.2. The van der Waals surface area contributed by atoms with Gasteiger partial charge in [0.25, 0.3) is 0 Å². The van der Waals surface area contributed by atoms with E-state index in [1.54, 1.807) is 0 Å². The van der Waals surface area contributed by atoms with Crippen LogP contribution in [0.5, 0.6) is 0 Å². The molecule has 0 amide bonds. The van der Waals surface area contributed by atoms with E-state index in [9.17, 15) is 8.42 Å². The Balaban J connectivity index is 1.74. The van der Waals surface area contributed by atoms with Crippen molar-refractivity contribution in [3.05, 3.63) is 47.2 Å². The van der Waals surface area contributed by atoms with E-state index in [0.717, 1.165) is 29.8 Å². The molecule has 0 aliphatic rings. The molecule has 120 valence electrons. The van der Waals surface area contributed by atoms with Crippen molar-refractivity contribution in [3.8, 4) is 11.3 Å². The van der Waals surface area contributed by atoms with Crippen LogP contribution in [-0.4, -0.2) is 27.8 Å². The number of halogens is 1. The van der Waals surface area contributed by atoms with E-state index in [1.807, 2.05) is 36.4 Å². The molecule has 0 radical (unpaired) electrons. The summed E-state index contributed by atoms with van der Waals surface area (Å²) in [6.45, 7) is 1.74. The van der Waals surface area contributed by atoms with Crippen molar-refractivity contribution in [1.82, 2.24) is 10.0 Å². The van der Waals surface area contributed by atoms with E-state index < -0.39 is 10.0 Å². The molecule has 0 spiro atoms. The molecule has 5 nitrogen and oxygen atoms in total. The first kappa shape index (κ1) is 17.0. The predicted octanol–water partition coefficient (Wildman–Crippen LogP) is 2.63. The molecule has 0 fully saturated rings. The fourth-order valence-corrected chi connectivity index (χ4v) is 2.57. The molecule has 2 aromatic rings. The van der Waals surface area contributed by atoms with Crippen LogP contribution in [-0.2, 0) is 16.6 Å². The summed E-state index contributed by atoms with van der Waals surface area (Å²) in [4.78, 5) is 0. The molecule has 0 aliphatic heterocycles. The Morgan fingerprint density at radius 3 is 2.50 bits per heavy atom. The zero-order valence-corrected chi connectivity index (χ0v) is 13.9. The monoisotopic (exact) mass is 342 g/mol. The Morgan fingerprint density at radius 2 is 1.82 bits per heavy atom. The van der Waals surface area contributed by atoms with Gasteiger partial charge in [0.1, 0.15) is 11.5 Å². The van der Waals surface area contributed by atoms with Gasteiger partial charge < -0.3 is 9.73 Å². The molecule has 0 aliphatic carbocycles. The molecular formula is C15H19ClN2O3S. The summed E-state index contributed by atoms with van der Waals surface area (Å²) in [5, 5.41) is 3.91. The molecule has 2 N–H and O–H groups in total. The second-order valence-corrected chi connectivity index (χ2v) is 7.24. The predicted molar refractivity (Wildman–Crippen MR) is 88.3 cm³/mol. The third kappa shape index (κ3) is 5.81. The fourth-order valence-electron chi connectivity index (χ4n) is 1.92. The molecule has 1 aromatic heterocycles. The minimum absolute atomic E-state index is 0.431. The van der Waals surface area contributed by atoms with E-state index in [2.05, 4.69) is 10.0 Å². The highest BCUT2D eigenvalue weighted by Crippen LogP contribution is 2.23. The zero-order valence-electron chi connectivity index (χ0n) is 12.3. The Labute approximate surface area is 135 Å². The summed E-state index contributed by atoms with van der Waals surface area (Å²) in [5.74, 6) is 1.63. The summed E-state index contributed by atoms with van der Waals surface area (Å²) in [6, 6.07) is 11.3. The van der Waals surface area contributed by atoms with Crippen molar-refractivity contribution in [2.45, 2.75) is 13.0 Å². The third-order valence-corrected chi connectivity index (χ3v) is 3.96. The van der Waals surface area contributed by atoms with Gasteiger partial charge in [-0.1, -0.05) is 11.6 Å². The van der Waals surface area contributed by atoms with Crippen LogP contribution in [0.2, 0.25) is 5.02 Å². The number of furan rings is 1. The molecule has 1 aromatic carbocycles. The van der Waals surface area contributed by atoms with Crippen LogP contribution in [0.25, 0.3) is 11.3 Å². The van der Waals surface area contributed by atoms with Crippen LogP contribution >= 0.6 is 11.6 Å². The molecule has 22 heavy (non-hydrogen) atoms. The molecule has 0 saturated carbocycles. The second kappa shape index (κ2) is 7.78. The summed E-state index contributed by atoms with van der Waals surface area (Å²) in [5.41, 5.74) is 0.980. The number of nitrogens with one attached hydrogen (secondary N) is 2. The Bertz CT molecular complexity index is 696. The van der Waals surface area contributed by atoms with Gasteiger partial charge in [0, 0.05) is 17.1 Å². The molecule has 2 rings (SSSR count). The maximum atomic E-state index is 10.9. The van der Waals surface area contributed by atoms with Crippen LogP contribution in [0, 0.1) is 0 Å². The van der Waals surface area contributed by atoms with E-state index in [1.165, 1.54) is 0 Å². The van der Waals surface area contributed by atoms with Gasteiger partial charge in [0.2, 0.25) is 10.0 Å². The lowest BCUT2D eigenvalue weighted by molar-refractivity contribution is 0.490. The van der Waals surface area contributed by atoms with E-state index in [4.69, 9.17) is 16.0 Å². The van der Waals surface area contributed by atoms with Gasteiger partial charge in [-0.25, -0.2) is 13.1 Å². The topological polar surface area (TPSA) is 71.3 Å². The van der Waals surface area contributed by atoms with Crippen LogP contribution in [0.4, 0.5) is 0 Å². The average Bonchev–Trinajstić information content (AvgIpc) is 2.91. The van der Waals surface area contributed by atoms with Gasteiger partial charge in [-0.2, -0.15) is 0 Å². The molecule has 0 saturated heterocycles. The van der Waals surface area contributed by atoms with Gasteiger partial charge in [0.05, 0.1) is 12.8 Å².